The molecule has 0 spiro atoms. The first kappa shape index (κ1) is 12.1. The molecule has 0 aromatic heterocycles. The van der Waals surface area contributed by atoms with E-state index in [1.165, 1.54) is 0 Å². The molecule has 4 heteroatoms. The van der Waals surface area contributed by atoms with Crippen LogP contribution < -0.4 is 10.5 Å². The third-order valence-corrected chi connectivity index (χ3v) is 2.21. The van der Waals surface area contributed by atoms with Crippen molar-refractivity contribution in [2.75, 3.05) is 33.0 Å². The molecule has 0 heterocycles. The minimum Gasteiger partial charge on any atom is -0.491 e. The summed E-state index contributed by atoms with van der Waals surface area (Å²) < 4.78 is 5.53. The highest BCUT2D eigenvalue weighted by atomic mass is 35.5. The lowest BCUT2D eigenvalue weighted by Crippen LogP contribution is -2.15. The van der Waals surface area contributed by atoms with E-state index in [0.717, 1.165) is 13.0 Å². The second-order valence-electron chi connectivity index (χ2n) is 3.69. The fourth-order valence-corrected chi connectivity index (χ4v) is 1.39. The Morgan fingerprint density at radius 2 is 2.13 bits per heavy atom. The molecule has 1 aromatic rings. The third-order valence-electron chi connectivity index (χ3n) is 1.98. The zero-order valence-electron chi connectivity index (χ0n) is 9.16. The number of rotatable bonds is 5. The summed E-state index contributed by atoms with van der Waals surface area (Å²) in [6.07, 6.45) is 0.981. The molecule has 0 aliphatic heterocycles. The Kier molecular flexibility index (Phi) is 4.72. The maximum atomic E-state index is 5.78. The number of nitrogens with two attached hydrogens (primary N) is 1. The predicted octanol–water partition coefficient (Wildman–Crippen LogP) is 2.25. The van der Waals surface area contributed by atoms with Gasteiger partial charge in [0.2, 0.25) is 0 Å². The number of nitrogens with zero attached hydrogens (tertiary/aromatic N) is 1. The van der Waals surface area contributed by atoms with Gasteiger partial charge in [0.25, 0.3) is 0 Å². The Bertz CT molecular complexity index is 315. The van der Waals surface area contributed by atoms with Gasteiger partial charge in [-0.3, -0.25) is 0 Å². The van der Waals surface area contributed by atoms with Crippen LogP contribution >= 0.6 is 11.6 Å². The number of nitrogen functional groups attached to an aromatic ring is 1. The van der Waals surface area contributed by atoms with E-state index in [9.17, 15) is 0 Å². The summed E-state index contributed by atoms with van der Waals surface area (Å²) in [5.41, 5.74) is 6.33. The van der Waals surface area contributed by atoms with Crippen molar-refractivity contribution >= 4 is 17.3 Å². The first-order valence-corrected chi connectivity index (χ1v) is 5.30. The predicted molar refractivity (Wildman–Crippen MR) is 64.5 cm³/mol. The number of hydrogen-bond donors (Lipinski definition) is 1. The van der Waals surface area contributed by atoms with Crippen molar-refractivity contribution in [1.29, 1.82) is 0 Å². The fourth-order valence-electron chi connectivity index (χ4n) is 1.21. The Balaban J connectivity index is 2.37. The fraction of sp³-hybridized carbons (Fsp3) is 0.455. The van der Waals surface area contributed by atoms with Crippen molar-refractivity contribution < 1.29 is 4.74 Å². The molecule has 0 fully saturated rings. The van der Waals surface area contributed by atoms with Gasteiger partial charge in [-0.15, -0.1) is 0 Å². The van der Waals surface area contributed by atoms with Crippen LogP contribution in [0.5, 0.6) is 5.75 Å². The molecule has 0 unspecified atom stereocenters. The lowest BCUT2D eigenvalue weighted by Gasteiger charge is -2.11. The Morgan fingerprint density at radius 3 is 2.73 bits per heavy atom. The molecular weight excluding hydrogens is 212 g/mol. The molecule has 0 aliphatic rings. The summed E-state index contributed by atoms with van der Waals surface area (Å²) >= 11 is 5.78. The first-order valence-electron chi connectivity index (χ1n) is 4.92. The summed E-state index contributed by atoms with van der Waals surface area (Å²) in [5.74, 6) is 0.707. The lowest BCUT2D eigenvalue weighted by molar-refractivity contribution is 0.283. The van der Waals surface area contributed by atoms with E-state index in [1.807, 2.05) is 14.1 Å². The lowest BCUT2D eigenvalue weighted by atomic mass is 10.3. The van der Waals surface area contributed by atoms with Gasteiger partial charge in [0, 0.05) is 11.6 Å². The molecule has 0 aliphatic carbocycles. The van der Waals surface area contributed by atoms with Crippen LogP contribution in [0, 0.1) is 0 Å². The molecule has 15 heavy (non-hydrogen) atoms. The second kappa shape index (κ2) is 5.83. The zero-order valence-corrected chi connectivity index (χ0v) is 9.92. The molecule has 84 valence electrons. The van der Waals surface area contributed by atoms with Gasteiger partial charge in [-0.25, -0.2) is 0 Å². The monoisotopic (exact) mass is 228 g/mol. The van der Waals surface area contributed by atoms with Gasteiger partial charge >= 0.3 is 0 Å². The van der Waals surface area contributed by atoms with Gasteiger partial charge in [0.15, 0.2) is 0 Å². The molecule has 1 aromatic carbocycles. The van der Waals surface area contributed by atoms with Crippen LogP contribution in [0.15, 0.2) is 18.2 Å². The molecular formula is C11H17ClN2O. The van der Waals surface area contributed by atoms with Crippen LogP contribution in [0.25, 0.3) is 0 Å². The summed E-state index contributed by atoms with van der Waals surface area (Å²) in [5, 5.41) is 0.633. The van der Waals surface area contributed by atoms with Crippen molar-refractivity contribution in [3.63, 3.8) is 0 Å². The highest BCUT2D eigenvalue weighted by molar-refractivity contribution is 6.30. The van der Waals surface area contributed by atoms with Crippen molar-refractivity contribution in [3.05, 3.63) is 23.2 Å². The Labute approximate surface area is 95.8 Å². The Morgan fingerprint density at radius 1 is 1.40 bits per heavy atom. The van der Waals surface area contributed by atoms with E-state index >= 15 is 0 Å². The highest BCUT2D eigenvalue weighted by Gasteiger charge is 2.00. The average Bonchev–Trinajstić information content (AvgIpc) is 2.14. The van der Waals surface area contributed by atoms with E-state index in [0.29, 0.717) is 23.1 Å². The molecule has 2 N–H and O–H groups in total. The molecule has 1 rings (SSSR count). The van der Waals surface area contributed by atoms with Gasteiger partial charge in [-0.1, -0.05) is 11.6 Å². The van der Waals surface area contributed by atoms with E-state index < -0.39 is 0 Å². The topological polar surface area (TPSA) is 38.5 Å². The molecule has 0 atom stereocenters. The smallest absolute Gasteiger partial charge is 0.142 e. The standard InChI is InChI=1S/C11H17ClN2O/c1-14(2)6-3-7-15-11-5-4-9(12)8-10(11)13/h4-5,8H,3,6-7,13H2,1-2H3. The van der Waals surface area contributed by atoms with Gasteiger partial charge in [0.1, 0.15) is 5.75 Å². The third kappa shape index (κ3) is 4.40. The number of anilines is 1. The summed E-state index contributed by atoms with van der Waals surface area (Å²) in [6, 6.07) is 5.27. The van der Waals surface area contributed by atoms with E-state index in [1.54, 1.807) is 18.2 Å². The van der Waals surface area contributed by atoms with Crippen molar-refractivity contribution in [1.82, 2.24) is 4.90 Å². The molecule has 3 nitrogen and oxygen atoms in total. The molecule has 0 saturated heterocycles. The van der Waals surface area contributed by atoms with Gasteiger partial charge in [-0.2, -0.15) is 0 Å². The van der Waals surface area contributed by atoms with Gasteiger partial charge in [-0.05, 0) is 38.7 Å². The molecule has 0 amide bonds. The number of ether oxygens (including phenoxy) is 1. The largest absolute Gasteiger partial charge is 0.491 e. The summed E-state index contributed by atoms with van der Waals surface area (Å²) in [4.78, 5) is 2.12. The summed E-state index contributed by atoms with van der Waals surface area (Å²) in [7, 11) is 4.08. The SMILES string of the molecule is CN(C)CCCOc1ccc(Cl)cc1N. The number of benzene rings is 1. The van der Waals surface area contributed by atoms with Crippen LogP contribution in [0.2, 0.25) is 5.02 Å². The van der Waals surface area contributed by atoms with E-state index in [2.05, 4.69) is 4.90 Å². The zero-order chi connectivity index (χ0) is 11.3. The minimum absolute atomic E-state index is 0.590. The molecule has 0 radical (unpaired) electrons. The quantitative estimate of drug-likeness (QED) is 0.621. The normalized spacial score (nSPS) is 10.7. The average molecular weight is 229 g/mol. The second-order valence-corrected chi connectivity index (χ2v) is 4.12. The van der Waals surface area contributed by atoms with Crippen LogP contribution in [0.1, 0.15) is 6.42 Å². The van der Waals surface area contributed by atoms with Crippen molar-refractivity contribution in [3.8, 4) is 5.75 Å². The van der Waals surface area contributed by atoms with Crippen LogP contribution in [0.4, 0.5) is 5.69 Å². The number of hydrogen-bond acceptors (Lipinski definition) is 3. The van der Waals surface area contributed by atoms with Crippen LogP contribution in [0.3, 0.4) is 0 Å². The van der Waals surface area contributed by atoms with Crippen molar-refractivity contribution in [2.24, 2.45) is 0 Å². The molecule has 0 saturated carbocycles. The minimum atomic E-state index is 0.590. The first-order chi connectivity index (χ1) is 7.09. The van der Waals surface area contributed by atoms with E-state index in [4.69, 9.17) is 22.1 Å². The van der Waals surface area contributed by atoms with Crippen LogP contribution in [-0.4, -0.2) is 32.1 Å². The summed E-state index contributed by atoms with van der Waals surface area (Å²) in [6.45, 7) is 1.68. The van der Waals surface area contributed by atoms with Crippen molar-refractivity contribution in [2.45, 2.75) is 6.42 Å². The number of halogens is 1. The van der Waals surface area contributed by atoms with E-state index in [-0.39, 0.29) is 0 Å². The Hall–Kier alpha value is -0.930. The maximum absolute atomic E-state index is 5.78. The van der Waals surface area contributed by atoms with Gasteiger partial charge in [0.05, 0.1) is 12.3 Å². The van der Waals surface area contributed by atoms with Gasteiger partial charge < -0.3 is 15.4 Å². The van der Waals surface area contributed by atoms with Crippen LogP contribution in [-0.2, 0) is 0 Å². The highest BCUT2D eigenvalue weighted by Crippen LogP contribution is 2.24. The molecule has 0 bridgehead atoms. The maximum Gasteiger partial charge on any atom is 0.142 e.